The van der Waals surface area contributed by atoms with Crippen molar-refractivity contribution >= 4 is 19.8 Å². The molecule has 6 N–H and O–H groups in total. The SMILES string of the molecule is CC/C=C/C=C/C=C/CCCCCCCC(=O)OC(COC(=O)CCCC/C=C/C/C=C/C/C=C/C/C=C/C/C=C/C/C=C/CC)COP(=O)(O)OC1C(O)C(O)C(O)[C@H](O)C1O. The number of hydrogen-bond acceptors (Lipinski definition) is 12. The number of hydrogen-bond donors (Lipinski definition) is 6. The molecule has 1 fully saturated rings. The highest BCUT2D eigenvalue weighted by molar-refractivity contribution is 7.47. The molecular weight excluding hydrogens is 828 g/mol. The Hall–Kier alpha value is -3.49. The van der Waals surface area contributed by atoms with Crippen LogP contribution in [0.1, 0.15) is 129 Å². The Morgan fingerprint density at radius 3 is 1.51 bits per heavy atom. The summed E-state index contributed by atoms with van der Waals surface area (Å²) in [6, 6.07) is 0. The molecule has 0 spiro atoms. The number of aliphatic hydroxyl groups excluding tert-OH is 5. The first-order valence-corrected chi connectivity index (χ1v) is 24.2. The summed E-state index contributed by atoms with van der Waals surface area (Å²) in [5, 5.41) is 50.1. The van der Waals surface area contributed by atoms with Gasteiger partial charge in [-0.15, -0.1) is 0 Å². The maximum atomic E-state index is 12.8. The second-order valence-corrected chi connectivity index (χ2v) is 16.6. The van der Waals surface area contributed by atoms with E-state index in [2.05, 4.69) is 98.9 Å². The molecule has 0 amide bonds. The molecule has 1 aliphatic rings. The molecule has 1 saturated carbocycles. The highest BCUT2D eigenvalue weighted by Gasteiger charge is 2.51. The smallest absolute Gasteiger partial charge is 0.462 e. The van der Waals surface area contributed by atoms with Gasteiger partial charge in [-0.1, -0.05) is 142 Å². The van der Waals surface area contributed by atoms with E-state index in [0.717, 1.165) is 89.9 Å². The number of ether oxygens (including phenoxy) is 2. The molecule has 63 heavy (non-hydrogen) atoms. The van der Waals surface area contributed by atoms with Crippen LogP contribution in [0.15, 0.2) is 109 Å². The third kappa shape index (κ3) is 30.3. The van der Waals surface area contributed by atoms with Crippen LogP contribution in [0, 0.1) is 0 Å². The largest absolute Gasteiger partial charge is 0.472 e. The van der Waals surface area contributed by atoms with Gasteiger partial charge in [0, 0.05) is 12.8 Å². The van der Waals surface area contributed by atoms with Gasteiger partial charge in [-0.2, -0.15) is 0 Å². The summed E-state index contributed by atoms with van der Waals surface area (Å²) in [5.41, 5.74) is 0. The molecule has 0 radical (unpaired) electrons. The lowest BCUT2D eigenvalue weighted by atomic mass is 9.85. The van der Waals surface area contributed by atoms with Crippen LogP contribution in [0.2, 0.25) is 0 Å². The Labute approximate surface area is 376 Å². The van der Waals surface area contributed by atoms with Crippen molar-refractivity contribution in [3.05, 3.63) is 109 Å². The fourth-order valence-electron chi connectivity index (χ4n) is 6.05. The summed E-state index contributed by atoms with van der Waals surface area (Å²) < 4.78 is 33.4. The number of aliphatic hydroxyl groups is 5. The van der Waals surface area contributed by atoms with Crippen LogP contribution in [0.4, 0.5) is 0 Å². The molecule has 0 saturated heterocycles. The van der Waals surface area contributed by atoms with Gasteiger partial charge in [0.2, 0.25) is 0 Å². The quantitative estimate of drug-likeness (QED) is 0.0116. The average Bonchev–Trinajstić information content (AvgIpc) is 3.26. The van der Waals surface area contributed by atoms with E-state index in [9.17, 15) is 44.6 Å². The predicted molar refractivity (Wildman–Crippen MR) is 248 cm³/mol. The molecule has 1 aliphatic carbocycles. The van der Waals surface area contributed by atoms with Crippen molar-refractivity contribution in [1.82, 2.24) is 0 Å². The van der Waals surface area contributed by atoms with Gasteiger partial charge in [0.25, 0.3) is 0 Å². The Kier molecular flexibility index (Phi) is 34.6. The van der Waals surface area contributed by atoms with Gasteiger partial charge in [-0.05, 0) is 83.5 Å². The number of rotatable bonds is 35. The average molecular weight is 905 g/mol. The molecule has 0 aromatic rings. The summed E-state index contributed by atoms with van der Waals surface area (Å²) in [7, 11) is -5.14. The van der Waals surface area contributed by atoms with Crippen LogP contribution < -0.4 is 0 Å². The molecule has 1 rings (SSSR count). The number of unbranched alkanes of at least 4 members (excludes halogenated alkanes) is 7. The van der Waals surface area contributed by atoms with E-state index in [1.807, 2.05) is 24.3 Å². The first kappa shape index (κ1) is 57.5. The van der Waals surface area contributed by atoms with Crippen LogP contribution >= 0.6 is 7.82 Å². The van der Waals surface area contributed by atoms with E-state index in [1.165, 1.54) is 0 Å². The maximum absolute atomic E-state index is 12.8. The van der Waals surface area contributed by atoms with Gasteiger partial charge < -0.3 is 39.9 Å². The van der Waals surface area contributed by atoms with E-state index in [4.69, 9.17) is 18.5 Å². The number of esters is 2. The molecule has 0 aliphatic heterocycles. The summed E-state index contributed by atoms with van der Waals surface area (Å²) in [6.07, 6.45) is 38.6. The Morgan fingerprint density at radius 1 is 0.508 bits per heavy atom. The summed E-state index contributed by atoms with van der Waals surface area (Å²) in [4.78, 5) is 35.7. The van der Waals surface area contributed by atoms with Crippen molar-refractivity contribution in [3.8, 4) is 0 Å². The van der Waals surface area contributed by atoms with Crippen LogP contribution in [0.3, 0.4) is 0 Å². The van der Waals surface area contributed by atoms with Crippen LogP contribution in [-0.2, 0) is 32.7 Å². The monoisotopic (exact) mass is 905 g/mol. The fourth-order valence-corrected chi connectivity index (χ4v) is 7.03. The van der Waals surface area contributed by atoms with Gasteiger partial charge in [-0.3, -0.25) is 18.6 Å². The normalized spacial score (nSPS) is 22.7. The standard InChI is InChI=1S/C49H77O13P/c1-3-5-7-9-11-13-15-17-18-19-20-21-22-23-24-26-27-29-31-33-35-37-42(50)59-39-41(40-60-63(57,58)62-49-47(55)45(53)44(52)46(54)48(49)56)61-43(51)38-36-34-32-30-28-25-16-14-12-10-8-6-4-2/h5-8,10-14,16-18,20-21,23-24,27,29,41,44-49,52-56H,3-4,9,15,19,22,25-26,28,30-40H2,1-2H3,(H,57,58)/b7-5+,8-6+,12-10+,13-11+,16-14+,18-17+,21-20+,24-23+,29-27+/t41?,44?,45-,46?,47?,48?,49?/m0/s1. The van der Waals surface area contributed by atoms with Crippen LogP contribution in [-0.4, -0.2) is 98.3 Å². The molecule has 13 nitrogen and oxygen atoms in total. The molecule has 356 valence electrons. The third-order valence-corrected chi connectivity index (χ3v) is 10.7. The molecule has 0 bridgehead atoms. The first-order valence-electron chi connectivity index (χ1n) is 22.7. The van der Waals surface area contributed by atoms with E-state index in [-0.39, 0.29) is 12.8 Å². The number of allylic oxidation sites excluding steroid dienone is 18. The van der Waals surface area contributed by atoms with Gasteiger partial charge in [0.1, 0.15) is 43.2 Å². The molecular formula is C49H77O13P. The second-order valence-electron chi connectivity index (χ2n) is 15.2. The second kappa shape index (κ2) is 37.8. The maximum Gasteiger partial charge on any atom is 0.472 e. The lowest BCUT2D eigenvalue weighted by molar-refractivity contribution is -0.220. The van der Waals surface area contributed by atoms with E-state index in [0.29, 0.717) is 12.8 Å². The van der Waals surface area contributed by atoms with Crippen LogP contribution in [0.25, 0.3) is 0 Å². The Balaban J connectivity index is 2.50. The molecule has 14 heteroatoms. The summed E-state index contributed by atoms with van der Waals surface area (Å²) in [6.45, 7) is 2.97. The van der Waals surface area contributed by atoms with Crippen molar-refractivity contribution in [2.45, 2.75) is 172 Å². The van der Waals surface area contributed by atoms with Gasteiger partial charge >= 0.3 is 19.8 Å². The van der Waals surface area contributed by atoms with Crippen molar-refractivity contribution in [3.63, 3.8) is 0 Å². The van der Waals surface area contributed by atoms with Crippen molar-refractivity contribution in [1.29, 1.82) is 0 Å². The zero-order chi connectivity index (χ0) is 46.4. The number of phosphoric acid groups is 1. The highest BCUT2D eigenvalue weighted by atomic mass is 31.2. The Bertz CT molecular complexity index is 1510. The van der Waals surface area contributed by atoms with E-state index >= 15 is 0 Å². The lowest BCUT2D eigenvalue weighted by Gasteiger charge is -2.41. The molecule has 8 atom stereocenters. The van der Waals surface area contributed by atoms with Gasteiger partial charge in [0.15, 0.2) is 6.10 Å². The molecule has 0 aromatic heterocycles. The number of carbonyl (C=O) groups excluding carboxylic acids is 2. The van der Waals surface area contributed by atoms with Gasteiger partial charge in [-0.25, -0.2) is 4.57 Å². The number of phosphoric ester groups is 1. The van der Waals surface area contributed by atoms with Crippen molar-refractivity contribution in [2.24, 2.45) is 0 Å². The number of carbonyl (C=O) groups is 2. The van der Waals surface area contributed by atoms with Gasteiger partial charge in [0.05, 0.1) is 6.61 Å². The zero-order valence-corrected chi connectivity index (χ0v) is 38.5. The van der Waals surface area contributed by atoms with E-state index in [1.54, 1.807) is 0 Å². The first-order chi connectivity index (χ1) is 30.4. The topological polar surface area (TPSA) is 210 Å². The lowest BCUT2D eigenvalue weighted by Crippen LogP contribution is -2.64. The fraction of sp³-hybridized carbons (Fsp3) is 0.592. The molecule has 7 unspecified atom stereocenters. The minimum Gasteiger partial charge on any atom is -0.462 e. The minimum absolute atomic E-state index is 0.0564. The Morgan fingerprint density at radius 2 is 0.937 bits per heavy atom. The van der Waals surface area contributed by atoms with Crippen molar-refractivity contribution < 1.29 is 63.1 Å². The summed E-state index contributed by atoms with van der Waals surface area (Å²) >= 11 is 0. The molecule has 0 heterocycles. The molecule has 0 aromatic carbocycles. The van der Waals surface area contributed by atoms with Crippen LogP contribution in [0.5, 0.6) is 0 Å². The zero-order valence-electron chi connectivity index (χ0n) is 37.6. The van der Waals surface area contributed by atoms with E-state index < -0.39 is 75.7 Å². The predicted octanol–water partition coefficient (Wildman–Crippen LogP) is 8.83. The summed E-state index contributed by atoms with van der Waals surface area (Å²) in [5.74, 6) is -1.19. The highest BCUT2D eigenvalue weighted by Crippen LogP contribution is 2.47. The van der Waals surface area contributed by atoms with Crippen molar-refractivity contribution in [2.75, 3.05) is 13.2 Å². The minimum atomic E-state index is -5.14. The third-order valence-electron chi connectivity index (χ3n) is 9.67.